The molecule has 0 aromatic heterocycles. The number of phenolic OH excluding ortho intramolecular Hbond substituents is 1. The number of phenols is 1. The lowest BCUT2D eigenvalue weighted by atomic mass is 9.56. The molecule has 51 heavy (non-hydrogen) atoms. The number of benzene rings is 3. The highest BCUT2D eigenvalue weighted by molar-refractivity contribution is 6.58. The van der Waals surface area contributed by atoms with Crippen molar-refractivity contribution in [3.63, 3.8) is 0 Å². The summed E-state index contributed by atoms with van der Waals surface area (Å²) in [4.78, 5) is 61.9. The van der Waals surface area contributed by atoms with Gasteiger partial charge >= 0.3 is 0 Å². The highest BCUT2D eigenvalue weighted by Gasteiger charge is 2.77. The number of carbonyl (C=O) groups is 4. The van der Waals surface area contributed by atoms with Crippen LogP contribution in [0.3, 0.4) is 0 Å². The van der Waals surface area contributed by atoms with Crippen molar-refractivity contribution in [3.05, 3.63) is 98.9 Å². The lowest BCUT2D eigenvalue weighted by Gasteiger charge is -2.50. The van der Waals surface area contributed by atoms with Crippen LogP contribution in [-0.2, 0) is 19.2 Å². The first-order valence-electron chi connectivity index (χ1n) is 15.0. The molecule has 3 fully saturated rings. The Hall–Kier alpha value is -5.09. The lowest BCUT2D eigenvalue weighted by Crippen LogP contribution is -2.60. The first-order valence-corrected chi connectivity index (χ1v) is 15.7. The number of hydrogen-bond acceptors (Lipinski definition) is 8. The fourth-order valence-corrected chi connectivity index (χ4v) is 8.71. The number of fused-ring (bicyclic) bond motifs is 4. The first-order chi connectivity index (χ1) is 24.0. The van der Waals surface area contributed by atoms with E-state index in [-0.39, 0.29) is 39.6 Å². The maximum atomic E-state index is 15.2. The molecular formula is C33H20Cl2F5N3O8. The van der Waals surface area contributed by atoms with Gasteiger partial charge in [0.1, 0.15) is 17.2 Å². The van der Waals surface area contributed by atoms with Crippen molar-refractivity contribution in [1.82, 2.24) is 0 Å². The van der Waals surface area contributed by atoms with E-state index < -0.39 is 109 Å². The number of nitro groups is 1. The number of alkyl halides is 2. The zero-order valence-electron chi connectivity index (χ0n) is 25.6. The van der Waals surface area contributed by atoms with Crippen LogP contribution in [0, 0.1) is 57.0 Å². The number of imide groups is 2. The number of anilines is 2. The highest BCUT2D eigenvalue weighted by atomic mass is 35.5. The van der Waals surface area contributed by atoms with Crippen molar-refractivity contribution in [3.8, 4) is 11.5 Å². The minimum Gasteiger partial charge on any atom is -0.508 e. The molecule has 11 nitrogen and oxygen atoms in total. The number of carbonyl (C=O) groups excluding carboxylic acids is 4. The fraction of sp³-hybridized carbons (Fsp3) is 0.273. The quantitative estimate of drug-likeness (QED) is 0.0505. The number of nitro benzene ring substituents is 1. The topological polar surface area (TPSA) is 147 Å². The van der Waals surface area contributed by atoms with E-state index in [1.807, 2.05) is 0 Å². The molecule has 7 rings (SSSR count). The molecule has 18 heteroatoms. The van der Waals surface area contributed by atoms with Crippen LogP contribution >= 0.6 is 23.2 Å². The van der Waals surface area contributed by atoms with Crippen LogP contribution in [0.1, 0.15) is 24.3 Å². The Balaban J connectivity index is 1.42. The molecule has 264 valence electrons. The van der Waals surface area contributed by atoms with Crippen molar-refractivity contribution in [2.45, 2.75) is 28.5 Å². The maximum absolute atomic E-state index is 15.2. The van der Waals surface area contributed by atoms with Crippen LogP contribution in [0.25, 0.3) is 0 Å². The molecule has 0 radical (unpaired) electrons. The van der Waals surface area contributed by atoms with Gasteiger partial charge in [-0.05, 0) is 49.1 Å². The van der Waals surface area contributed by atoms with Crippen LogP contribution in [0.15, 0.2) is 54.1 Å². The minimum absolute atomic E-state index is 0.0127. The van der Waals surface area contributed by atoms with Gasteiger partial charge < -0.3 is 9.84 Å². The van der Waals surface area contributed by atoms with Gasteiger partial charge in [-0.3, -0.25) is 34.2 Å². The Labute approximate surface area is 292 Å². The zero-order chi connectivity index (χ0) is 37.1. The second kappa shape index (κ2) is 11.5. The fourth-order valence-electron chi connectivity index (χ4n) is 7.78. The van der Waals surface area contributed by atoms with Gasteiger partial charge in [-0.15, -0.1) is 23.2 Å². The number of hydrogen-bond donors (Lipinski definition) is 1. The van der Waals surface area contributed by atoms with Crippen LogP contribution in [0.4, 0.5) is 39.0 Å². The van der Waals surface area contributed by atoms with Gasteiger partial charge in [0, 0.05) is 23.6 Å². The standard InChI is InChI=1S/C33H20Cl2F5N3O8/c1-51-14-6-9-19(44)17(10-14)21-15-7-8-16-20(29(46)41(28(16)45)12-2-4-13(5-3-12)43(49)50)18(15)11-32(34)30(47)42(31(48)33(21,32)35)27-25(39)23(37)22(36)24(38)26(27)40/h2-7,9-10,16,18,20-21,44H,8,11H2,1H3/t16-,18+,20-,21+,32+,33-/m0/s1. The van der Waals surface area contributed by atoms with E-state index in [4.69, 9.17) is 27.9 Å². The number of allylic oxidation sites excluding steroid dienone is 2. The Morgan fingerprint density at radius 1 is 0.863 bits per heavy atom. The van der Waals surface area contributed by atoms with Gasteiger partial charge in [-0.1, -0.05) is 11.6 Å². The number of ether oxygens (including phenoxy) is 1. The predicted molar refractivity (Wildman–Crippen MR) is 167 cm³/mol. The van der Waals surface area contributed by atoms with Crippen molar-refractivity contribution >= 4 is 63.9 Å². The van der Waals surface area contributed by atoms with Crippen LogP contribution < -0.4 is 14.5 Å². The molecule has 2 aliphatic carbocycles. The number of rotatable bonds is 5. The molecule has 2 aliphatic heterocycles. The van der Waals surface area contributed by atoms with E-state index in [2.05, 4.69) is 0 Å². The average Bonchev–Trinajstić information content (AvgIpc) is 3.45. The van der Waals surface area contributed by atoms with Crippen molar-refractivity contribution in [2.24, 2.45) is 17.8 Å². The van der Waals surface area contributed by atoms with Gasteiger partial charge in [0.25, 0.3) is 17.5 Å². The highest BCUT2D eigenvalue weighted by Crippen LogP contribution is 2.67. The third-order valence-electron chi connectivity index (χ3n) is 10.1. The van der Waals surface area contributed by atoms with Crippen molar-refractivity contribution < 1.29 is 55.9 Å². The Kier molecular flexibility index (Phi) is 7.72. The number of non-ortho nitro benzene ring substituents is 1. The third-order valence-corrected chi connectivity index (χ3v) is 11.5. The monoisotopic (exact) mass is 751 g/mol. The first kappa shape index (κ1) is 34.4. The van der Waals surface area contributed by atoms with Crippen molar-refractivity contribution in [1.29, 1.82) is 0 Å². The number of methoxy groups -OCH3 is 1. The normalized spacial score (nSPS) is 28.4. The summed E-state index contributed by atoms with van der Waals surface area (Å²) < 4.78 is 78.5. The molecule has 1 N–H and O–H groups in total. The predicted octanol–water partition coefficient (Wildman–Crippen LogP) is 5.77. The summed E-state index contributed by atoms with van der Waals surface area (Å²) in [6, 6.07) is 8.22. The summed E-state index contributed by atoms with van der Waals surface area (Å²) in [5, 5.41) is 22.3. The minimum atomic E-state index is -2.84. The summed E-state index contributed by atoms with van der Waals surface area (Å²) in [5.41, 5.74) is -2.37. The molecule has 2 heterocycles. The molecule has 6 atom stereocenters. The summed E-state index contributed by atoms with van der Waals surface area (Å²) >= 11 is 14.1. The van der Waals surface area contributed by atoms with E-state index in [9.17, 15) is 47.6 Å². The molecule has 3 aromatic rings. The molecule has 2 saturated heterocycles. The molecule has 3 aromatic carbocycles. The van der Waals surface area contributed by atoms with E-state index >= 15 is 8.78 Å². The van der Waals surface area contributed by atoms with Crippen LogP contribution in [0.2, 0.25) is 0 Å². The summed E-state index contributed by atoms with van der Waals surface area (Å²) in [6.07, 6.45) is 0.548. The number of nitrogens with zero attached hydrogens (tertiary/aromatic N) is 3. The number of halogens is 7. The van der Waals surface area contributed by atoms with Gasteiger partial charge in [0.15, 0.2) is 33.0 Å². The molecule has 4 amide bonds. The van der Waals surface area contributed by atoms with E-state index in [1.54, 1.807) is 0 Å². The van der Waals surface area contributed by atoms with Gasteiger partial charge in [0.05, 0.1) is 29.6 Å². The number of aromatic hydroxyl groups is 1. The van der Waals surface area contributed by atoms with Crippen LogP contribution in [-0.4, -0.2) is 50.5 Å². The third kappa shape index (κ3) is 4.41. The zero-order valence-corrected chi connectivity index (χ0v) is 27.1. The Morgan fingerprint density at radius 3 is 2.06 bits per heavy atom. The molecule has 4 aliphatic rings. The SMILES string of the molecule is COc1ccc(O)c([C@H]2C3=CC[C@@H]4C(=O)N(c5ccc([N+](=O)[O-])cc5)C(=O)[C@@H]4[C@@H]3C[C@@]3(Cl)C(=O)N(c4c(F)c(F)c(F)c(F)c4F)C(=O)[C@@]23Cl)c1. The second-order valence-corrected chi connectivity index (χ2v) is 13.6. The van der Waals surface area contributed by atoms with E-state index in [0.717, 1.165) is 23.1 Å². The van der Waals surface area contributed by atoms with Crippen LogP contribution in [0.5, 0.6) is 11.5 Å². The number of amides is 4. The average molecular weight is 752 g/mol. The molecular weight excluding hydrogens is 732 g/mol. The van der Waals surface area contributed by atoms with E-state index in [0.29, 0.717) is 0 Å². The molecule has 0 bridgehead atoms. The van der Waals surface area contributed by atoms with Gasteiger partial charge in [-0.25, -0.2) is 26.9 Å². The van der Waals surface area contributed by atoms with Gasteiger partial charge in [-0.2, -0.15) is 0 Å². The summed E-state index contributed by atoms with van der Waals surface area (Å²) in [7, 11) is 1.26. The van der Waals surface area contributed by atoms with Gasteiger partial charge in [0.2, 0.25) is 17.6 Å². The summed E-state index contributed by atoms with van der Waals surface area (Å²) in [5.74, 6) is -23.3. The largest absolute Gasteiger partial charge is 0.508 e. The molecule has 0 spiro atoms. The molecule has 0 unspecified atom stereocenters. The van der Waals surface area contributed by atoms with Crippen molar-refractivity contribution in [2.75, 3.05) is 16.9 Å². The smallest absolute Gasteiger partial charge is 0.269 e. The lowest BCUT2D eigenvalue weighted by molar-refractivity contribution is -0.384. The Morgan fingerprint density at radius 2 is 1.47 bits per heavy atom. The second-order valence-electron chi connectivity index (χ2n) is 12.4. The Bertz CT molecular complexity index is 2140. The molecule has 1 saturated carbocycles. The maximum Gasteiger partial charge on any atom is 0.269 e. The summed E-state index contributed by atoms with van der Waals surface area (Å²) in [6.45, 7) is 0. The van der Waals surface area contributed by atoms with E-state index in [1.165, 1.54) is 37.5 Å².